The Kier molecular flexibility index (Phi) is 7.04. The normalized spacial score (nSPS) is 13.3. The van der Waals surface area contributed by atoms with E-state index in [4.69, 9.17) is 19.4 Å². The van der Waals surface area contributed by atoms with E-state index in [9.17, 15) is 0 Å². The van der Waals surface area contributed by atoms with Crippen molar-refractivity contribution >= 4 is 33.7 Å². The van der Waals surface area contributed by atoms with E-state index in [2.05, 4.69) is 158 Å². The number of hydrogen-bond donors (Lipinski definition) is 0. The highest BCUT2D eigenvalue weighted by atomic mass is 32.2. The fourth-order valence-corrected chi connectivity index (χ4v) is 10.5. The van der Waals surface area contributed by atoms with Crippen molar-refractivity contribution in [1.29, 1.82) is 0 Å². The molecule has 57 heavy (non-hydrogen) atoms. The largest absolute Gasteiger partial charge is 0.456 e. The smallest absolute Gasteiger partial charge is 0.164 e. The molecule has 3 heterocycles. The van der Waals surface area contributed by atoms with Crippen LogP contribution in [-0.4, -0.2) is 15.0 Å². The van der Waals surface area contributed by atoms with Crippen LogP contribution in [0.5, 0.6) is 0 Å². The van der Waals surface area contributed by atoms with Crippen LogP contribution in [0.3, 0.4) is 0 Å². The molecule has 2 aliphatic rings. The van der Waals surface area contributed by atoms with Gasteiger partial charge in [0, 0.05) is 37.3 Å². The molecule has 0 N–H and O–H groups in total. The molecule has 8 aromatic carbocycles. The maximum absolute atomic E-state index is 6.77. The molecule has 1 spiro atoms. The quantitative estimate of drug-likeness (QED) is 0.180. The average molecular weight is 746 g/mol. The van der Waals surface area contributed by atoms with Gasteiger partial charge in [0.1, 0.15) is 11.2 Å². The molecule has 0 bridgehead atoms. The summed E-state index contributed by atoms with van der Waals surface area (Å²) in [4.78, 5) is 18.0. The first-order valence-electron chi connectivity index (χ1n) is 19.2. The van der Waals surface area contributed by atoms with E-state index in [0.29, 0.717) is 17.5 Å². The number of fused-ring (bicyclic) bond motifs is 13. The monoisotopic (exact) mass is 745 g/mol. The molecule has 0 atom stereocenters. The fraction of sp³-hybridized carbons (Fsp3) is 0.0192. The molecular weight excluding hydrogens is 715 g/mol. The van der Waals surface area contributed by atoms with Crippen LogP contribution in [-0.2, 0) is 5.41 Å². The first-order chi connectivity index (χ1) is 28.3. The molecule has 10 aromatic rings. The second-order valence-electron chi connectivity index (χ2n) is 14.7. The fourth-order valence-electron chi connectivity index (χ4n) is 9.21. The van der Waals surface area contributed by atoms with Crippen LogP contribution in [0.4, 0.5) is 0 Å². The first kappa shape index (κ1) is 32.2. The van der Waals surface area contributed by atoms with Gasteiger partial charge in [-0.25, -0.2) is 15.0 Å². The van der Waals surface area contributed by atoms with Gasteiger partial charge < -0.3 is 4.42 Å². The molecule has 4 nitrogen and oxygen atoms in total. The summed E-state index contributed by atoms with van der Waals surface area (Å²) in [7, 11) is 0. The molecule has 0 fully saturated rings. The van der Waals surface area contributed by atoms with Gasteiger partial charge in [0.15, 0.2) is 17.5 Å². The van der Waals surface area contributed by atoms with Crippen LogP contribution in [0.1, 0.15) is 22.3 Å². The van der Waals surface area contributed by atoms with Crippen LogP contribution in [0, 0.1) is 0 Å². The third kappa shape index (κ3) is 4.73. The van der Waals surface area contributed by atoms with Crippen LogP contribution >= 0.6 is 11.8 Å². The lowest BCUT2D eigenvalue weighted by molar-refractivity contribution is 0.666. The molecule has 0 radical (unpaired) electrons. The molecule has 12 rings (SSSR count). The second kappa shape index (κ2) is 12.5. The highest BCUT2D eigenvalue weighted by Gasteiger charge is 2.50. The van der Waals surface area contributed by atoms with Crippen molar-refractivity contribution < 1.29 is 4.42 Å². The minimum absolute atomic E-state index is 0.498. The minimum atomic E-state index is -0.498. The molecular formula is C52H31N3OS. The molecule has 1 aliphatic carbocycles. The van der Waals surface area contributed by atoms with Crippen molar-refractivity contribution in [1.82, 2.24) is 15.0 Å². The van der Waals surface area contributed by atoms with Crippen molar-refractivity contribution in [2.45, 2.75) is 15.2 Å². The molecule has 2 aromatic heterocycles. The van der Waals surface area contributed by atoms with Gasteiger partial charge in [0.05, 0.1) is 5.41 Å². The Morgan fingerprint density at radius 1 is 0.368 bits per heavy atom. The Morgan fingerprint density at radius 3 is 1.67 bits per heavy atom. The summed E-state index contributed by atoms with van der Waals surface area (Å²) in [5.74, 6) is 1.83. The van der Waals surface area contributed by atoms with Gasteiger partial charge in [-0.05, 0) is 68.8 Å². The van der Waals surface area contributed by atoms with Crippen molar-refractivity contribution in [3.8, 4) is 56.4 Å². The Hall–Kier alpha value is -7.08. The predicted octanol–water partition coefficient (Wildman–Crippen LogP) is 13.3. The third-order valence-corrected chi connectivity index (χ3v) is 12.8. The van der Waals surface area contributed by atoms with Gasteiger partial charge in [0.25, 0.3) is 0 Å². The van der Waals surface area contributed by atoms with Crippen molar-refractivity contribution in [3.63, 3.8) is 0 Å². The third-order valence-electron chi connectivity index (χ3n) is 11.6. The predicted molar refractivity (Wildman–Crippen MR) is 230 cm³/mol. The van der Waals surface area contributed by atoms with Gasteiger partial charge in [-0.15, -0.1) is 0 Å². The van der Waals surface area contributed by atoms with Gasteiger partial charge >= 0.3 is 0 Å². The molecule has 0 saturated heterocycles. The molecule has 0 saturated carbocycles. The molecule has 0 unspecified atom stereocenters. The lowest BCUT2D eigenvalue weighted by atomic mass is 9.67. The Morgan fingerprint density at radius 2 is 0.912 bits per heavy atom. The summed E-state index contributed by atoms with van der Waals surface area (Å²) in [6, 6.07) is 66.5. The van der Waals surface area contributed by atoms with Gasteiger partial charge in [-0.1, -0.05) is 176 Å². The minimum Gasteiger partial charge on any atom is -0.456 e. The van der Waals surface area contributed by atoms with E-state index >= 15 is 0 Å². The van der Waals surface area contributed by atoms with E-state index in [-0.39, 0.29) is 0 Å². The summed E-state index contributed by atoms with van der Waals surface area (Å²) >= 11 is 1.83. The molecule has 5 heteroatoms. The van der Waals surface area contributed by atoms with Crippen molar-refractivity contribution in [2.24, 2.45) is 0 Å². The van der Waals surface area contributed by atoms with Gasteiger partial charge in [-0.2, -0.15) is 0 Å². The topological polar surface area (TPSA) is 51.8 Å². The van der Waals surface area contributed by atoms with Crippen LogP contribution < -0.4 is 0 Å². The van der Waals surface area contributed by atoms with E-state index in [1.165, 1.54) is 43.2 Å². The van der Waals surface area contributed by atoms with Crippen molar-refractivity contribution in [3.05, 3.63) is 210 Å². The SMILES string of the molecule is c1ccc(-c2cccc(-c3nc(-c4ccccc4)nc(-c4cccc5oc6ccc7c(c6c45)Sc4ccccc4C74c5ccccc5-c5ccccc54)n3)c2)cc1. The van der Waals surface area contributed by atoms with E-state index in [0.717, 1.165) is 49.8 Å². The van der Waals surface area contributed by atoms with Crippen LogP contribution in [0.25, 0.3) is 78.4 Å². The maximum Gasteiger partial charge on any atom is 0.164 e. The first-order valence-corrected chi connectivity index (χ1v) is 20.0. The van der Waals surface area contributed by atoms with E-state index in [1.807, 2.05) is 42.1 Å². The summed E-state index contributed by atoms with van der Waals surface area (Å²) in [5, 5.41) is 2.08. The van der Waals surface area contributed by atoms with Crippen LogP contribution in [0.15, 0.2) is 202 Å². The summed E-state index contributed by atoms with van der Waals surface area (Å²) < 4.78 is 6.77. The zero-order chi connectivity index (χ0) is 37.5. The summed E-state index contributed by atoms with van der Waals surface area (Å²) in [6.45, 7) is 0. The molecule has 0 amide bonds. The number of benzene rings is 8. The maximum atomic E-state index is 6.77. The van der Waals surface area contributed by atoms with E-state index < -0.39 is 5.41 Å². The van der Waals surface area contributed by atoms with Gasteiger partial charge in [0.2, 0.25) is 0 Å². The second-order valence-corrected chi connectivity index (χ2v) is 15.7. The lowest BCUT2D eigenvalue weighted by Crippen LogP contribution is -2.32. The number of nitrogens with zero attached hydrogens (tertiary/aromatic N) is 3. The van der Waals surface area contributed by atoms with Gasteiger partial charge in [-0.3, -0.25) is 0 Å². The number of aromatic nitrogens is 3. The summed E-state index contributed by atoms with van der Waals surface area (Å²) in [6.07, 6.45) is 0. The lowest BCUT2D eigenvalue weighted by Gasteiger charge is -2.39. The average Bonchev–Trinajstić information content (AvgIpc) is 3.82. The molecule has 266 valence electrons. The highest BCUT2D eigenvalue weighted by molar-refractivity contribution is 7.99. The van der Waals surface area contributed by atoms with Crippen LogP contribution in [0.2, 0.25) is 0 Å². The standard InChI is InChI=1S/C52H31N3OS/c1-3-15-32(16-4-1)34-19-13-20-35(31-34)50-53-49(33-17-5-2-6-18-33)54-51(55-50)38-23-14-27-43-46(38)47-44(56-43)30-29-42-48(47)57-45-28-12-11-26-41(45)52(42)39-24-9-7-21-36(39)37-22-8-10-25-40(37)52/h1-31H. The number of rotatable bonds is 4. The Bertz CT molecular complexity index is 3180. The summed E-state index contributed by atoms with van der Waals surface area (Å²) in [5.41, 5.74) is 13.9. The Labute approximate surface area is 333 Å². The van der Waals surface area contributed by atoms with Crippen molar-refractivity contribution in [2.75, 3.05) is 0 Å². The zero-order valence-corrected chi connectivity index (χ0v) is 31.4. The van der Waals surface area contributed by atoms with E-state index in [1.54, 1.807) is 0 Å². The Balaban J connectivity index is 1.14. The highest BCUT2D eigenvalue weighted by Crippen LogP contribution is 2.63. The number of hydrogen-bond acceptors (Lipinski definition) is 5. The molecule has 1 aliphatic heterocycles. The number of furan rings is 1. The zero-order valence-electron chi connectivity index (χ0n) is 30.6.